The summed E-state index contributed by atoms with van der Waals surface area (Å²) < 4.78 is 20.0. The molecule has 0 aliphatic heterocycles. The van der Waals surface area contributed by atoms with Crippen LogP contribution in [0.15, 0.2) is 30.9 Å². The third kappa shape index (κ3) is 6.75. The summed E-state index contributed by atoms with van der Waals surface area (Å²) in [4.78, 5) is 2.10. The monoisotopic (exact) mass is 361 g/mol. The lowest BCUT2D eigenvalue weighted by atomic mass is 9.77. The van der Waals surface area contributed by atoms with Crippen molar-refractivity contribution >= 4 is 0 Å². The third-order valence-corrected chi connectivity index (χ3v) is 5.66. The second kappa shape index (κ2) is 11.4. The van der Waals surface area contributed by atoms with Gasteiger partial charge >= 0.3 is 0 Å². The highest BCUT2D eigenvalue weighted by atomic mass is 19.1. The molecule has 1 aliphatic carbocycles. The zero-order valence-corrected chi connectivity index (χ0v) is 16.7. The Morgan fingerprint density at radius 2 is 2.00 bits per heavy atom. The Morgan fingerprint density at radius 3 is 2.65 bits per heavy atom. The SMILES string of the molecule is C=CCN(C)CCOc1ccc(C2CCC(CCCCC)CC2)cc1F. The van der Waals surface area contributed by atoms with Crippen molar-refractivity contribution in [2.75, 3.05) is 26.7 Å². The zero-order valence-electron chi connectivity index (χ0n) is 16.7. The fraction of sp³-hybridized carbons (Fsp3) is 0.652. The Kier molecular flexibility index (Phi) is 9.17. The summed E-state index contributed by atoms with van der Waals surface area (Å²) >= 11 is 0. The van der Waals surface area contributed by atoms with E-state index in [9.17, 15) is 4.39 Å². The summed E-state index contributed by atoms with van der Waals surface area (Å²) in [7, 11) is 2.00. The van der Waals surface area contributed by atoms with Gasteiger partial charge in [0.15, 0.2) is 11.6 Å². The summed E-state index contributed by atoms with van der Waals surface area (Å²) in [6.07, 6.45) is 12.2. The highest BCUT2D eigenvalue weighted by molar-refractivity contribution is 5.31. The van der Waals surface area contributed by atoms with E-state index in [0.29, 0.717) is 18.3 Å². The quantitative estimate of drug-likeness (QED) is 0.345. The maximum atomic E-state index is 14.4. The van der Waals surface area contributed by atoms with Crippen molar-refractivity contribution in [3.8, 4) is 5.75 Å². The number of halogens is 1. The molecule has 1 aromatic carbocycles. The number of unbranched alkanes of at least 4 members (excludes halogenated alkanes) is 2. The van der Waals surface area contributed by atoms with Crippen LogP contribution in [0.4, 0.5) is 4.39 Å². The largest absolute Gasteiger partial charge is 0.489 e. The number of benzene rings is 1. The van der Waals surface area contributed by atoms with Gasteiger partial charge in [-0.3, -0.25) is 4.90 Å². The van der Waals surface area contributed by atoms with E-state index in [2.05, 4.69) is 24.5 Å². The summed E-state index contributed by atoms with van der Waals surface area (Å²) in [5, 5.41) is 0. The van der Waals surface area contributed by atoms with Crippen molar-refractivity contribution in [2.45, 2.75) is 64.2 Å². The molecule has 0 saturated heterocycles. The standard InChI is InChI=1S/C23H36FNO/c1-4-6-7-8-19-9-11-20(12-10-19)21-13-14-23(22(24)18-21)26-17-16-25(3)15-5-2/h5,13-14,18-20H,2,4,6-12,15-17H2,1,3H3. The molecular weight excluding hydrogens is 325 g/mol. The molecule has 0 heterocycles. The van der Waals surface area contributed by atoms with Crippen LogP contribution < -0.4 is 4.74 Å². The number of hydrogen-bond donors (Lipinski definition) is 0. The van der Waals surface area contributed by atoms with Crippen LogP contribution in [-0.2, 0) is 0 Å². The molecule has 1 aliphatic rings. The van der Waals surface area contributed by atoms with E-state index in [1.165, 1.54) is 51.4 Å². The molecule has 1 saturated carbocycles. The Balaban J connectivity index is 1.79. The second-order valence-corrected chi connectivity index (χ2v) is 7.80. The van der Waals surface area contributed by atoms with Gasteiger partial charge in [0, 0.05) is 13.1 Å². The molecule has 1 aromatic rings. The van der Waals surface area contributed by atoms with Crippen LogP contribution in [0.5, 0.6) is 5.75 Å². The minimum atomic E-state index is -0.223. The van der Waals surface area contributed by atoms with Crippen LogP contribution in [0.25, 0.3) is 0 Å². The van der Waals surface area contributed by atoms with Crippen LogP contribution in [0.3, 0.4) is 0 Å². The fourth-order valence-electron chi connectivity index (χ4n) is 3.98. The first-order valence-corrected chi connectivity index (χ1v) is 10.4. The highest BCUT2D eigenvalue weighted by Crippen LogP contribution is 2.38. The van der Waals surface area contributed by atoms with Gasteiger partial charge in [-0.25, -0.2) is 4.39 Å². The van der Waals surface area contributed by atoms with Crippen molar-refractivity contribution in [3.05, 3.63) is 42.2 Å². The Labute approximate surface area is 159 Å². The van der Waals surface area contributed by atoms with Gasteiger partial charge in [0.1, 0.15) is 6.61 Å². The van der Waals surface area contributed by atoms with Gasteiger partial charge in [0.2, 0.25) is 0 Å². The van der Waals surface area contributed by atoms with Gasteiger partial charge in [0.05, 0.1) is 0 Å². The maximum absolute atomic E-state index is 14.4. The van der Waals surface area contributed by atoms with Crippen molar-refractivity contribution in [3.63, 3.8) is 0 Å². The van der Waals surface area contributed by atoms with Gasteiger partial charge in [-0.1, -0.05) is 44.7 Å². The normalized spacial score (nSPS) is 20.3. The predicted octanol–water partition coefficient (Wildman–Crippen LogP) is 6.18. The average molecular weight is 362 g/mol. The smallest absolute Gasteiger partial charge is 0.165 e. The van der Waals surface area contributed by atoms with Crippen molar-refractivity contribution in [2.24, 2.45) is 5.92 Å². The third-order valence-electron chi connectivity index (χ3n) is 5.66. The van der Waals surface area contributed by atoms with E-state index in [0.717, 1.165) is 24.6 Å². The van der Waals surface area contributed by atoms with E-state index in [1.54, 1.807) is 6.07 Å². The topological polar surface area (TPSA) is 12.5 Å². The Morgan fingerprint density at radius 1 is 1.23 bits per heavy atom. The van der Waals surface area contributed by atoms with Crippen LogP contribution in [0.1, 0.15) is 69.8 Å². The minimum Gasteiger partial charge on any atom is -0.489 e. The minimum absolute atomic E-state index is 0.223. The first-order chi connectivity index (χ1) is 12.6. The molecule has 0 aromatic heterocycles. The molecule has 2 rings (SSSR count). The van der Waals surface area contributed by atoms with Gasteiger partial charge in [0.25, 0.3) is 0 Å². The molecule has 0 unspecified atom stereocenters. The van der Waals surface area contributed by atoms with E-state index < -0.39 is 0 Å². The maximum Gasteiger partial charge on any atom is 0.165 e. The summed E-state index contributed by atoms with van der Waals surface area (Å²) in [6.45, 7) is 8.04. The number of ether oxygens (including phenoxy) is 1. The molecule has 0 amide bonds. The van der Waals surface area contributed by atoms with Gasteiger partial charge in [-0.2, -0.15) is 0 Å². The van der Waals surface area contributed by atoms with Crippen molar-refractivity contribution in [1.29, 1.82) is 0 Å². The van der Waals surface area contributed by atoms with Crippen LogP contribution in [-0.4, -0.2) is 31.6 Å². The first kappa shape index (κ1) is 21.0. The van der Waals surface area contributed by atoms with Gasteiger partial charge in [-0.15, -0.1) is 6.58 Å². The summed E-state index contributed by atoms with van der Waals surface area (Å²) in [5.74, 6) is 1.55. The molecule has 0 spiro atoms. The van der Waals surface area contributed by atoms with Gasteiger partial charge < -0.3 is 4.74 Å². The number of nitrogens with zero attached hydrogens (tertiary/aromatic N) is 1. The van der Waals surface area contributed by atoms with Crippen molar-refractivity contribution < 1.29 is 9.13 Å². The summed E-state index contributed by atoms with van der Waals surface area (Å²) in [6, 6.07) is 5.57. The van der Waals surface area contributed by atoms with Gasteiger partial charge in [-0.05, 0) is 62.3 Å². The average Bonchev–Trinajstić information content (AvgIpc) is 2.64. The lowest BCUT2D eigenvalue weighted by molar-refractivity contribution is 0.241. The van der Waals surface area contributed by atoms with Crippen molar-refractivity contribution in [1.82, 2.24) is 4.90 Å². The molecule has 0 N–H and O–H groups in total. The van der Waals surface area contributed by atoms with E-state index in [-0.39, 0.29) is 5.82 Å². The first-order valence-electron chi connectivity index (χ1n) is 10.4. The van der Waals surface area contributed by atoms with E-state index >= 15 is 0 Å². The lowest BCUT2D eigenvalue weighted by Gasteiger charge is -2.29. The molecule has 146 valence electrons. The predicted molar refractivity (Wildman–Crippen MR) is 108 cm³/mol. The van der Waals surface area contributed by atoms with Crippen LogP contribution in [0.2, 0.25) is 0 Å². The van der Waals surface area contributed by atoms with Crippen LogP contribution in [0, 0.1) is 11.7 Å². The van der Waals surface area contributed by atoms with Crippen LogP contribution >= 0.6 is 0 Å². The Hall–Kier alpha value is -1.35. The number of likely N-dealkylation sites (N-methyl/N-ethyl adjacent to an activating group) is 1. The molecular formula is C23H36FNO. The molecule has 26 heavy (non-hydrogen) atoms. The molecule has 0 atom stereocenters. The number of rotatable bonds is 11. The molecule has 3 heteroatoms. The van der Waals surface area contributed by atoms with E-state index in [1.807, 2.05) is 19.2 Å². The number of hydrogen-bond acceptors (Lipinski definition) is 2. The fourth-order valence-corrected chi connectivity index (χ4v) is 3.98. The lowest BCUT2D eigenvalue weighted by Crippen LogP contribution is -2.24. The highest BCUT2D eigenvalue weighted by Gasteiger charge is 2.22. The molecule has 0 bridgehead atoms. The Bertz CT molecular complexity index is 537. The zero-order chi connectivity index (χ0) is 18.8. The summed E-state index contributed by atoms with van der Waals surface area (Å²) in [5.41, 5.74) is 1.14. The molecule has 0 radical (unpaired) electrons. The molecule has 2 nitrogen and oxygen atoms in total. The molecule has 1 fully saturated rings. The van der Waals surface area contributed by atoms with E-state index in [4.69, 9.17) is 4.74 Å². The second-order valence-electron chi connectivity index (χ2n) is 7.80.